The first-order chi connectivity index (χ1) is 8.61. The lowest BCUT2D eigenvalue weighted by Gasteiger charge is -2.20. The van der Waals surface area contributed by atoms with Crippen molar-refractivity contribution in [3.8, 4) is 6.07 Å². The molecule has 0 heterocycles. The van der Waals surface area contributed by atoms with E-state index in [4.69, 9.17) is 5.26 Å². The molecule has 1 saturated carbocycles. The van der Waals surface area contributed by atoms with Gasteiger partial charge in [-0.1, -0.05) is 18.2 Å². The highest BCUT2D eigenvalue weighted by Gasteiger charge is 2.38. The van der Waals surface area contributed by atoms with Gasteiger partial charge in [-0.2, -0.15) is 9.57 Å². The van der Waals surface area contributed by atoms with Gasteiger partial charge in [0, 0.05) is 12.6 Å². The fourth-order valence-corrected chi connectivity index (χ4v) is 3.64. The number of rotatable bonds is 5. The van der Waals surface area contributed by atoms with Crippen LogP contribution in [0.1, 0.15) is 18.4 Å². The zero-order valence-electron chi connectivity index (χ0n) is 9.91. The van der Waals surface area contributed by atoms with E-state index in [0.29, 0.717) is 0 Å². The van der Waals surface area contributed by atoms with Crippen molar-refractivity contribution in [2.45, 2.75) is 23.8 Å². The summed E-state index contributed by atoms with van der Waals surface area (Å²) >= 11 is 0. The fraction of sp³-hybridized carbons (Fsp3) is 0.308. The maximum atomic E-state index is 12.5. The lowest BCUT2D eigenvalue weighted by atomic mass is 10.2. The van der Waals surface area contributed by atoms with Gasteiger partial charge < -0.3 is 0 Å². The van der Waals surface area contributed by atoms with Gasteiger partial charge in [0.05, 0.1) is 10.5 Å². The Kier molecular flexibility index (Phi) is 3.50. The van der Waals surface area contributed by atoms with E-state index in [1.165, 1.54) is 16.4 Å². The Balaban J connectivity index is 2.46. The standard InChI is InChI=1S/C13H14N2O2S/c1-2-9-15(12-7-8-12)18(16,17)13-6-4-3-5-11(13)10-14/h2-6,12H,1,7-9H2. The van der Waals surface area contributed by atoms with Crippen molar-refractivity contribution < 1.29 is 8.42 Å². The minimum atomic E-state index is -3.60. The number of hydrogen-bond donors (Lipinski definition) is 0. The van der Waals surface area contributed by atoms with Gasteiger partial charge in [0.1, 0.15) is 6.07 Å². The third kappa shape index (κ3) is 2.30. The van der Waals surface area contributed by atoms with Crippen LogP contribution in [-0.4, -0.2) is 25.3 Å². The van der Waals surface area contributed by atoms with Gasteiger partial charge in [0.15, 0.2) is 0 Å². The Bertz CT molecular complexity index is 598. The van der Waals surface area contributed by atoms with Crippen LogP contribution in [0.5, 0.6) is 0 Å². The van der Waals surface area contributed by atoms with Crippen molar-refractivity contribution in [1.82, 2.24) is 4.31 Å². The van der Waals surface area contributed by atoms with Crippen molar-refractivity contribution in [3.05, 3.63) is 42.5 Å². The number of hydrogen-bond acceptors (Lipinski definition) is 3. The summed E-state index contributed by atoms with van der Waals surface area (Å²) in [4.78, 5) is 0.0845. The minimum absolute atomic E-state index is 0.0553. The van der Waals surface area contributed by atoms with Crippen LogP contribution in [0, 0.1) is 11.3 Å². The highest BCUT2D eigenvalue weighted by Crippen LogP contribution is 2.32. The molecule has 0 unspecified atom stereocenters. The van der Waals surface area contributed by atoms with Crippen molar-refractivity contribution in [2.75, 3.05) is 6.54 Å². The molecule has 0 spiro atoms. The van der Waals surface area contributed by atoms with E-state index >= 15 is 0 Å². The molecule has 5 heteroatoms. The molecule has 18 heavy (non-hydrogen) atoms. The second-order valence-corrected chi connectivity index (χ2v) is 6.06. The largest absolute Gasteiger partial charge is 0.244 e. The van der Waals surface area contributed by atoms with E-state index in [1.807, 2.05) is 6.07 Å². The van der Waals surface area contributed by atoms with Crippen LogP contribution < -0.4 is 0 Å². The Hall–Kier alpha value is -1.64. The number of benzene rings is 1. The molecule has 0 atom stereocenters. The SMILES string of the molecule is C=CCN(C1CC1)S(=O)(=O)c1ccccc1C#N. The smallest absolute Gasteiger partial charge is 0.207 e. The van der Waals surface area contributed by atoms with Crippen molar-refractivity contribution in [2.24, 2.45) is 0 Å². The highest BCUT2D eigenvalue weighted by molar-refractivity contribution is 7.89. The molecule has 0 bridgehead atoms. The van der Waals surface area contributed by atoms with Crippen molar-refractivity contribution in [1.29, 1.82) is 5.26 Å². The second-order valence-electron chi connectivity index (χ2n) is 4.20. The molecule has 1 fully saturated rings. The molecule has 4 nitrogen and oxygen atoms in total. The summed E-state index contributed by atoms with van der Waals surface area (Å²) in [7, 11) is -3.60. The third-order valence-electron chi connectivity index (χ3n) is 2.86. The summed E-state index contributed by atoms with van der Waals surface area (Å²) in [5.74, 6) is 0. The van der Waals surface area contributed by atoms with Crippen molar-refractivity contribution in [3.63, 3.8) is 0 Å². The summed E-state index contributed by atoms with van der Waals surface area (Å²) in [5, 5.41) is 8.99. The van der Waals surface area contributed by atoms with Gasteiger partial charge in [-0.15, -0.1) is 6.58 Å². The predicted octanol–water partition coefficient (Wildman–Crippen LogP) is 1.90. The molecule has 0 aromatic heterocycles. The van der Waals surface area contributed by atoms with Crippen LogP contribution in [0.3, 0.4) is 0 Å². The average Bonchev–Trinajstić information content (AvgIpc) is 3.19. The maximum absolute atomic E-state index is 12.5. The first-order valence-electron chi connectivity index (χ1n) is 5.73. The molecule has 0 amide bonds. The summed E-state index contributed by atoms with van der Waals surface area (Å²) in [6.45, 7) is 3.87. The van der Waals surface area contributed by atoms with Crippen LogP contribution in [0.2, 0.25) is 0 Å². The Morgan fingerprint density at radius 1 is 1.44 bits per heavy atom. The predicted molar refractivity (Wildman–Crippen MR) is 68.3 cm³/mol. The number of nitriles is 1. The van der Waals surface area contributed by atoms with Crippen LogP contribution >= 0.6 is 0 Å². The van der Waals surface area contributed by atoms with E-state index in [-0.39, 0.29) is 23.0 Å². The Morgan fingerprint density at radius 3 is 2.67 bits per heavy atom. The molecule has 1 aromatic rings. The second kappa shape index (κ2) is 4.92. The molecule has 0 aliphatic heterocycles. The number of nitrogens with zero attached hydrogens (tertiary/aromatic N) is 2. The third-order valence-corrected chi connectivity index (χ3v) is 4.83. The minimum Gasteiger partial charge on any atom is -0.207 e. The summed E-state index contributed by atoms with van der Waals surface area (Å²) < 4.78 is 26.4. The van der Waals surface area contributed by atoms with Gasteiger partial charge >= 0.3 is 0 Å². The summed E-state index contributed by atoms with van der Waals surface area (Å²) in [6.07, 6.45) is 3.33. The van der Waals surface area contributed by atoms with Gasteiger partial charge in [-0.25, -0.2) is 8.42 Å². The molecule has 1 aliphatic carbocycles. The number of sulfonamides is 1. The molecular weight excluding hydrogens is 248 g/mol. The first kappa shape index (κ1) is 12.8. The quantitative estimate of drug-likeness (QED) is 0.761. The van der Waals surface area contributed by atoms with Crippen LogP contribution in [0.4, 0.5) is 0 Å². The molecule has 1 aliphatic rings. The van der Waals surface area contributed by atoms with Gasteiger partial charge in [-0.3, -0.25) is 0 Å². The first-order valence-corrected chi connectivity index (χ1v) is 7.17. The lowest BCUT2D eigenvalue weighted by Crippen LogP contribution is -2.33. The fourth-order valence-electron chi connectivity index (χ4n) is 1.84. The molecule has 0 N–H and O–H groups in total. The molecular formula is C13H14N2O2S. The molecule has 94 valence electrons. The average molecular weight is 262 g/mol. The van der Waals surface area contributed by atoms with Gasteiger partial charge in [0.25, 0.3) is 0 Å². The maximum Gasteiger partial charge on any atom is 0.244 e. The monoisotopic (exact) mass is 262 g/mol. The topological polar surface area (TPSA) is 61.2 Å². The van der Waals surface area contributed by atoms with Gasteiger partial charge in [-0.05, 0) is 25.0 Å². The van der Waals surface area contributed by atoms with Crippen LogP contribution in [0.25, 0.3) is 0 Å². The van der Waals surface area contributed by atoms with Gasteiger partial charge in [0.2, 0.25) is 10.0 Å². The molecule has 0 radical (unpaired) electrons. The highest BCUT2D eigenvalue weighted by atomic mass is 32.2. The van der Waals surface area contributed by atoms with Crippen LogP contribution in [-0.2, 0) is 10.0 Å². The summed E-state index contributed by atoms with van der Waals surface area (Å²) in [5.41, 5.74) is 0.187. The van der Waals surface area contributed by atoms with E-state index in [0.717, 1.165) is 12.8 Å². The summed E-state index contributed by atoms with van der Waals surface area (Å²) in [6, 6.07) is 8.27. The van der Waals surface area contributed by atoms with Crippen LogP contribution in [0.15, 0.2) is 41.8 Å². The van der Waals surface area contributed by atoms with E-state index in [9.17, 15) is 8.42 Å². The van der Waals surface area contributed by atoms with E-state index in [2.05, 4.69) is 6.58 Å². The zero-order chi connectivity index (χ0) is 13.2. The lowest BCUT2D eigenvalue weighted by molar-refractivity contribution is 0.436. The molecule has 2 rings (SSSR count). The molecule has 0 saturated heterocycles. The Labute approximate surface area is 107 Å². The van der Waals surface area contributed by atoms with E-state index < -0.39 is 10.0 Å². The van der Waals surface area contributed by atoms with Crippen molar-refractivity contribution >= 4 is 10.0 Å². The Morgan fingerprint density at radius 2 is 2.11 bits per heavy atom. The van der Waals surface area contributed by atoms with E-state index in [1.54, 1.807) is 18.2 Å². The molecule has 1 aromatic carbocycles. The normalized spacial score (nSPS) is 15.3. The zero-order valence-corrected chi connectivity index (χ0v) is 10.7.